The van der Waals surface area contributed by atoms with Crippen LogP contribution in [0, 0.1) is 0 Å². The minimum atomic E-state index is -1.75. The summed E-state index contributed by atoms with van der Waals surface area (Å²) in [6, 6.07) is 0. The lowest BCUT2D eigenvalue weighted by Gasteiger charge is -2.15. The van der Waals surface area contributed by atoms with Crippen molar-refractivity contribution in [2.45, 2.75) is 104 Å². The highest BCUT2D eigenvalue weighted by molar-refractivity contribution is 6.71. The van der Waals surface area contributed by atoms with Crippen LogP contribution in [0.15, 0.2) is 24.3 Å². The summed E-state index contributed by atoms with van der Waals surface area (Å²) in [6.07, 6.45) is 23.7. The summed E-state index contributed by atoms with van der Waals surface area (Å²) in [4.78, 5) is 11.5. The number of allylic oxidation sites excluding steroid dienone is 3. The second-order valence-corrected chi connectivity index (χ2v) is 12.1. The molecular formula is C21H40O2Si. The van der Waals surface area contributed by atoms with Gasteiger partial charge in [-0.05, 0) is 32.5 Å². The zero-order valence-corrected chi connectivity index (χ0v) is 17.6. The van der Waals surface area contributed by atoms with E-state index in [0.29, 0.717) is 0 Å². The van der Waals surface area contributed by atoms with Crippen molar-refractivity contribution in [1.82, 2.24) is 0 Å². The van der Waals surface area contributed by atoms with E-state index in [1.165, 1.54) is 76.7 Å². The van der Waals surface area contributed by atoms with Gasteiger partial charge in [0.2, 0.25) is 8.32 Å². The molecule has 0 atom stereocenters. The normalized spacial score (nSPS) is 12.3. The van der Waals surface area contributed by atoms with Crippen molar-refractivity contribution in [1.29, 1.82) is 0 Å². The molecule has 0 aliphatic carbocycles. The lowest BCUT2D eigenvalue weighted by molar-refractivity contribution is -0.129. The molecule has 0 aromatic carbocycles. The van der Waals surface area contributed by atoms with Gasteiger partial charge in [0.05, 0.1) is 0 Å². The largest absolute Gasteiger partial charge is 0.517 e. The Kier molecular flexibility index (Phi) is 15.1. The number of rotatable bonds is 15. The molecule has 0 aliphatic heterocycles. The van der Waals surface area contributed by atoms with Crippen LogP contribution in [-0.2, 0) is 9.22 Å². The summed E-state index contributed by atoms with van der Waals surface area (Å²) in [5, 5.41) is 0. The van der Waals surface area contributed by atoms with Crippen LogP contribution in [0.2, 0.25) is 19.6 Å². The van der Waals surface area contributed by atoms with E-state index in [4.69, 9.17) is 4.43 Å². The second kappa shape index (κ2) is 15.7. The number of carbonyl (C=O) groups excluding carboxylic acids is 1. The molecule has 0 bridgehead atoms. The molecule has 0 unspecified atom stereocenters. The molecule has 0 aromatic heterocycles. The van der Waals surface area contributed by atoms with Gasteiger partial charge in [0.15, 0.2) is 0 Å². The van der Waals surface area contributed by atoms with Crippen molar-refractivity contribution in [3.05, 3.63) is 24.3 Å². The van der Waals surface area contributed by atoms with Crippen LogP contribution >= 0.6 is 0 Å². The minimum Gasteiger partial charge on any atom is -0.517 e. The molecule has 0 aromatic rings. The van der Waals surface area contributed by atoms with Gasteiger partial charge in [-0.15, -0.1) is 0 Å². The maximum Gasteiger partial charge on any atom is 0.317 e. The molecule has 0 heterocycles. The molecule has 0 amide bonds. The Balaban J connectivity index is 3.36. The molecule has 140 valence electrons. The van der Waals surface area contributed by atoms with E-state index >= 15 is 0 Å². The van der Waals surface area contributed by atoms with E-state index in [-0.39, 0.29) is 5.97 Å². The van der Waals surface area contributed by atoms with Crippen molar-refractivity contribution in [2.24, 2.45) is 0 Å². The quantitative estimate of drug-likeness (QED) is 0.135. The van der Waals surface area contributed by atoms with E-state index in [0.717, 1.165) is 6.42 Å². The average Bonchev–Trinajstić information content (AvgIpc) is 2.49. The lowest BCUT2D eigenvalue weighted by atomic mass is 10.1. The van der Waals surface area contributed by atoms with Gasteiger partial charge < -0.3 is 4.43 Å². The molecule has 0 saturated carbocycles. The highest BCUT2D eigenvalue weighted by Crippen LogP contribution is 2.12. The Morgan fingerprint density at radius 1 is 0.792 bits per heavy atom. The number of carbonyl (C=O) groups is 1. The molecule has 0 saturated heterocycles. The van der Waals surface area contributed by atoms with Gasteiger partial charge in [0, 0.05) is 6.08 Å². The fourth-order valence-electron chi connectivity index (χ4n) is 2.57. The van der Waals surface area contributed by atoms with Crippen LogP contribution in [0.5, 0.6) is 0 Å². The van der Waals surface area contributed by atoms with Crippen molar-refractivity contribution in [2.75, 3.05) is 0 Å². The summed E-state index contributed by atoms with van der Waals surface area (Å²) in [7, 11) is -1.75. The highest BCUT2D eigenvalue weighted by Gasteiger charge is 2.17. The summed E-state index contributed by atoms with van der Waals surface area (Å²) < 4.78 is 5.34. The number of unbranched alkanes of at least 4 members (excludes halogenated alkanes) is 11. The van der Waals surface area contributed by atoms with Crippen LogP contribution < -0.4 is 0 Å². The molecule has 2 nitrogen and oxygen atoms in total. The van der Waals surface area contributed by atoms with Gasteiger partial charge in [0.1, 0.15) is 0 Å². The first-order valence-corrected chi connectivity index (χ1v) is 13.4. The average molecular weight is 353 g/mol. The summed E-state index contributed by atoms with van der Waals surface area (Å²) >= 11 is 0. The fraction of sp³-hybridized carbons (Fsp3) is 0.762. The molecule has 3 heteroatoms. The first-order valence-electron chi connectivity index (χ1n) is 10.0. The monoisotopic (exact) mass is 352 g/mol. The molecule has 0 fully saturated rings. The molecule has 24 heavy (non-hydrogen) atoms. The predicted octanol–water partition coefficient (Wildman–Crippen LogP) is 7.18. The van der Waals surface area contributed by atoms with Crippen LogP contribution in [-0.4, -0.2) is 14.3 Å². The second-order valence-electron chi connectivity index (χ2n) is 7.64. The van der Waals surface area contributed by atoms with Crippen LogP contribution in [0.3, 0.4) is 0 Å². The topological polar surface area (TPSA) is 26.3 Å². The smallest absolute Gasteiger partial charge is 0.317 e. The summed E-state index contributed by atoms with van der Waals surface area (Å²) in [5.41, 5.74) is 0. The maximum absolute atomic E-state index is 11.5. The Morgan fingerprint density at radius 3 is 1.79 bits per heavy atom. The Labute approximate surface area is 151 Å². The fourth-order valence-corrected chi connectivity index (χ4v) is 3.24. The third-order valence-corrected chi connectivity index (χ3v) is 4.67. The Morgan fingerprint density at radius 2 is 1.29 bits per heavy atom. The third-order valence-electron chi connectivity index (χ3n) is 3.86. The van der Waals surface area contributed by atoms with Crippen LogP contribution in [0.25, 0.3) is 0 Å². The van der Waals surface area contributed by atoms with Gasteiger partial charge in [0.25, 0.3) is 0 Å². The zero-order chi connectivity index (χ0) is 18.1. The van der Waals surface area contributed by atoms with Gasteiger partial charge in [-0.2, -0.15) is 0 Å². The van der Waals surface area contributed by atoms with Gasteiger partial charge in [-0.1, -0.05) is 89.4 Å². The first kappa shape index (κ1) is 23.2. The number of hydrogen-bond acceptors (Lipinski definition) is 2. The first-order chi connectivity index (χ1) is 11.5. The van der Waals surface area contributed by atoms with E-state index in [9.17, 15) is 4.79 Å². The van der Waals surface area contributed by atoms with Crippen molar-refractivity contribution >= 4 is 14.3 Å². The van der Waals surface area contributed by atoms with E-state index in [2.05, 4.69) is 13.0 Å². The molecule has 0 rings (SSSR count). The standard InChI is InChI=1S/C21H40O2Si/c1-5-6-7-8-9-10-11-12-13-14-15-16-17-18-19-20-21(22)23-24(2,3)4/h17-20H,5-16H2,1-4H3. The third kappa shape index (κ3) is 19.2. The van der Waals surface area contributed by atoms with Crippen molar-refractivity contribution in [3.63, 3.8) is 0 Å². The van der Waals surface area contributed by atoms with Gasteiger partial charge in [-0.3, -0.25) is 0 Å². The van der Waals surface area contributed by atoms with Crippen molar-refractivity contribution in [3.8, 4) is 0 Å². The van der Waals surface area contributed by atoms with Crippen LogP contribution in [0.4, 0.5) is 0 Å². The van der Waals surface area contributed by atoms with Gasteiger partial charge >= 0.3 is 5.97 Å². The van der Waals surface area contributed by atoms with E-state index in [1.54, 1.807) is 6.08 Å². The van der Waals surface area contributed by atoms with Gasteiger partial charge in [-0.25, -0.2) is 4.79 Å². The minimum absolute atomic E-state index is 0.214. The summed E-state index contributed by atoms with van der Waals surface area (Å²) in [5.74, 6) is -0.214. The SMILES string of the molecule is CCCCCCCCCCCCCC=CC=CC(=O)O[Si](C)(C)C. The predicted molar refractivity (Wildman–Crippen MR) is 109 cm³/mol. The van der Waals surface area contributed by atoms with Crippen LogP contribution in [0.1, 0.15) is 84.0 Å². The molecular weight excluding hydrogens is 312 g/mol. The molecule has 0 spiro atoms. The van der Waals surface area contributed by atoms with E-state index in [1.807, 2.05) is 25.7 Å². The Bertz CT molecular complexity index is 353. The Hall–Kier alpha value is -0.833. The number of hydrogen-bond donors (Lipinski definition) is 0. The zero-order valence-electron chi connectivity index (χ0n) is 16.6. The maximum atomic E-state index is 11.5. The van der Waals surface area contributed by atoms with Crippen molar-refractivity contribution < 1.29 is 9.22 Å². The lowest BCUT2D eigenvalue weighted by Crippen LogP contribution is -2.28. The molecule has 0 N–H and O–H groups in total. The molecule has 0 radical (unpaired) electrons. The molecule has 0 aliphatic rings. The van der Waals surface area contributed by atoms with E-state index < -0.39 is 8.32 Å². The summed E-state index contributed by atoms with van der Waals surface area (Å²) in [6.45, 7) is 8.32. The highest BCUT2D eigenvalue weighted by atomic mass is 28.4.